The van der Waals surface area contributed by atoms with Crippen molar-refractivity contribution in [3.63, 3.8) is 0 Å². The normalized spacial score (nSPS) is 10.2. The molecule has 2 rings (SSSR count). The van der Waals surface area contributed by atoms with Gasteiger partial charge in [-0.05, 0) is 35.4 Å². The number of nitrogens with zero attached hydrogens (tertiary/aromatic N) is 2. The number of hydrogen-bond donors (Lipinski definition) is 0. The summed E-state index contributed by atoms with van der Waals surface area (Å²) in [6.07, 6.45) is 0. The molecule has 0 N–H and O–H groups in total. The highest BCUT2D eigenvalue weighted by molar-refractivity contribution is 6.36. The van der Waals surface area contributed by atoms with Crippen molar-refractivity contribution in [3.8, 4) is 11.1 Å². The van der Waals surface area contributed by atoms with E-state index in [0.29, 0.717) is 11.4 Å². The maximum Gasteiger partial charge on any atom is 0.238 e. The minimum atomic E-state index is -0.245. The average Bonchev–Trinajstić information content (AvgIpc) is 2.53. The second-order valence-corrected chi connectivity index (χ2v) is 5.37. The Balaban J connectivity index is 2.22. The lowest BCUT2D eigenvalue weighted by Crippen LogP contribution is -2.16. The molecule has 0 aliphatic carbocycles. The van der Waals surface area contributed by atoms with E-state index in [-0.39, 0.29) is 11.8 Å². The lowest BCUT2D eigenvalue weighted by molar-refractivity contribution is -0.116. The van der Waals surface area contributed by atoms with Crippen LogP contribution in [0.5, 0.6) is 0 Å². The van der Waals surface area contributed by atoms with Gasteiger partial charge in [-0.25, -0.2) is 8.84 Å². The summed E-state index contributed by atoms with van der Waals surface area (Å²) in [4.78, 5) is 22.4. The molecule has 2 amide bonds. The average molecular weight is 337 g/mol. The Morgan fingerprint density at radius 1 is 0.682 bits per heavy atom. The molecule has 2 aromatic rings. The van der Waals surface area contributed by atoms with E-state index < -0.39 is 0 Å². The molecule has 22 heavy (non-hydrogen) atoms. The molecule has 0 bridgehead atoms. The standard InChI is InChI=1S/C16H14Cl2N2O2/c1-11(21)19(17)15-7-3-13(4-8-15)14-5-9-16(10-6-14)20(18)12(2)22/h3-10H,1-2H3. The molecule has 0 atom stereocenters. The van der Waals surface area contributed by atoms with E-state index in [1.807, 2.05) is 24.3 Å². The summed E-state index contributed by atoms with van der Waals surface area (Å²) < 4.78 is 2.12. The second kappa shape index (κ2) is 6.81. The number of benzene rings is 2. The molecule has 0 radical (unpaired) electrons. The van der Waals surface area contributed by atoms with E-state index >= 15 is 0 Å². The number of amides is 2. The zero-order valence-electron chi connectivity index (χ0n) is 12.1. The maximum atomic E-state index is 11.2. The lowest BCUT2D eigenvalue weighted by Gasteiger charge is -2.13. The topological polar surface area (TPSA) is 40.6 Å². The van der Waals surface area contributed by atoms with Crippen molar-refractivity contribution >= 4 is 46.7 Å². The minimum Gasteiger partial charge on any atom is -0.274 e. The number of rotatable bonds is 3. The van der Waals surface area contributed by atoms with Crippen molar-refractivity contribution < 1.29 is 9.59 Å². The third kappa shape index (κ3) is 3.59. The quantitative estimate of drug-likeness (QED) is 0.781. The van der Waals surface area contributed by atoms with Gasteiger partial charge in [0.1, 0.15) is 0 Å². The van der Waals surface area contributed by atoms with Gasteiger partial charge in [0, 0.05) is 37.4 Å². The van der Waals surface area contributed by atoms with Crippen LogP contribution in [-0.4, -0.2) is 11.8 Å². The van der Waals surface area contributed by atoms with Crippen LogP contribution >= 0.6 is 23.6 Å². The summed E-state index contributed by atoms with van der Waals surface area (Å²) in [5.74, 6) is -0.490. The fourth-order valence-corrected chi connectivity index (χ4v) is 2.16. The van der Waals surface area contributed by atoms with E-state index in [1.165, 1.54) is 13.8 Å². The Labute approximate surface area is 139 Å². The number of hydrogen-bond acceptors (Lipinski definition) is 2. The van der Waals surface area contributed by atoms with Crippen molar-refractivity contribution in [2.24, 2.45) is 0 Å². The van der Waals surface area contributed by atoms with Gasteiger partial charge in [0.25, 0.3) is 0 Å². The zero-order chi connectivity index (χ0) is 16.3. The number of anilines is 2. The molecular weight excluding hydrogens is 323 g/mol. The Morgan fingerprint density at radius 3 is 1.18 bits per heavy atom. The van der Waals surface area contributed by atoms with E-state index in [4.69, 9.17) is 23.6 Å². The van der Waals surface area contributed by atoms with Crippen molar-refractivity contribution in [1.82, 2.24) is 0 Å². The minimum absolute atomic E-state index is 0.245. The van der Waals surface area contributed by atoms with Crippen molar-refractivity contribution in [1.29, 1.82) is 0 Å². The largest absolute Gasteiger partial charge is 0.274 e. The van der Waals surface area contributed by atoms with Gasteiger partial charge in [-0.2, -0.15) is 0 Å². The maximum absolute atomic E-state index is 11.2. The molecule has 0 aliphatic heterocycles. The molecule has 0 heterocycles. The van der Waals surface area contributed by atoms with Gasteiger partial charge in [0.2, 0.25) is 11.8 Å². The smallest absolute Gasteiger partial charge is 0.238 e. The van der Waals surface area contributed by atoms with Gasteiger partial charge in [-0.3, -0.25) is 9.59 Å². The predicted molar refractivity (Wildman–Crippen MR) is 89.9 cm³/mol. The zero-order valence-corrected chi connectivity index (χ0v) is 13.6. The fraction of sp³-hybridized carbons (Fsp3) is 0.125. The SMILES string of the molecule is CC(=O)N(Cl)c1ccc(-c2ccc(N(Cl)C(C)=O)cc2)cc1. The van der Waals surface area contributed by atoms with E-state index in [0.717, 1.165) is 20.0 Å². The molecule has 6 heteroatoms. The van der Waals surface area contributed by atoms with Crippen LogP contribution in [0.2, 0.25) is 0 Å². The first-order valence-electron chi connectivity index (χ1n) is 6.53. The first-order chi connectivity index (χ1) is 10.4. The molecule has 0 spiro atoms. The van der Waals surface area contributed by atoms with Crippen molar-refractivity contribution in [3.05, 3.63) is 48.5 Å². The highest BCUT2D eigenvalue weighted by Crippen LogP contribution is 2.26. The third-order valence-corrected chi connectivity index (χ3v) is 3.94. The lowest BCUT2D eigenvalue weighted by atomic mass is 10.0. The summed E-state index contributed by atoms with van der Waals surface area (Å²) in [5, 5.41) is 0. The molecular formula is C16H14Cl2N2O2. The predicted octanol–water partition coefficient (Wildman–Crippen LogP) is 4.37. The monoisotopic (exact) mass is 336 g/mol. The molecule has 0 saturated carbocycles. The summed E-state index contributed by atoms with van der Waals surface area (Å²) >= 11 is 11.7. The molecule has 4 nitrogen and oxygen atoms in total. The third-order valence-electron chi connectivity index (χ3n) is 3.07. The van der Waals surface area contributed by atoms with Gasteiger partial charge < -0.3 is 0 Å². The molecule has 0 fully saturated rings. The van der Waals surface area contributed by atoms with Crippen molar-refractivity contribution in [2.75, 3.05) is 8.84 Å². The number of carbonyl (C=O) groups is 2. The van der Waals surface area contributed by atoms with Crippen LogP contribution in [0.25, 0.3) is 11.1 Å². The first kappa shape index (κ1) is 16.3. The van der Waals surface area contributed by atoms with E-state index in [2.05, 4.69) is 0 Å². The summed E-state index contributed by atoms with van der Waals surface area (Å²) in [5.41, 5.74) is 3.15. The van der Waals surface area contributed by atoms with Crippen LogP contribution in [0.3, 0.4) is 0 Å². The van der Waals surface area contributed by atoms with Crippen LogP contribution in [0.1, 0.15) is 13.8 Å². The van der Waals surface area contributed by atoms with Crippen LogP contribution < -0.4 is 8.84 Å². The number of carbonyl (C=O) groups excluding carboxylic acids is 2. The Bertz CT molecular complexity index is 623. The van der Waals surface area contributed by atoms with Crippen LogP contribution in [0.15, 0.2) is 48.5 Å². The van der Waals surface area contributed by atoms with E-state index in [9.17, 15) is 9.59 Å². The summed E-state index contributed by atoms with van der Waals surface area (Å²) in [6, 6.07) is 14.5. The van der Waals surface area contributed by atoms with Crippen LogP contribution in [-0.2, 0) is 9.59 Å². The van der Waals surface area contributed by atoms with Gasteiger partial charge >= 0.3 is 0 Å². The van der Waals surface area contributed by atoms with Crippen molar-refractivity contribution in [2.45, 2.75) is 13.8 Å². The Kier molecular flexibility index (Phi) is 5.06. The fourth-order valence-electron chi connectivity index (χ4n) is 1.93. The van der Waals surface area contributed by atoms with E-state index in [1.54, 1.807) is 24.3 Å². The van der Waals surface area contributed by atoms with Gasteiger partial charge in [0.05, 0.1) is 11.4 Å². The molecule has 2 aromatic carbocycles. The molecule has 0 aliphatic rings. The summed E-state index contributed by atoms with van der Waals surface area (Å²) in [6.45, 7) is 2.79. The van der Waals surface area contributed by atoms with Crippen LogP contribution in [0.4, 0.5) is 11.4 Å². The highest BCUT2D eigenvalue weighted by atomic mass is 35.5. The number of halogens is 2. The summed E-state index contributed by atoms with van der Waals surface area (Å²) in [7, 11) is 0. The van der Waals surface area contributed by atoms with Gasteiger partial charge in [0.15, 0.2) is 0 Å². The molecule has 0 unspecified atom stereocenters. The highest BCUT2D eigenvalue weighted by Gasteiger charge is 2.10. The Morgan fingerprint density at radius 2 is 0.955 bits per heavy atom. The second-order valence-electron chi connectivity index (χ2n) is 4.69. The first-order valence-corrected chi connectivity index (χ1v) is 7.21. The molecule has 0 aromatic heterocycles. The Hall–Kier alpha value is -2.04. The van der Waals surface area contributed by atoms with Crippen LogP contribution in [0, 0.1) is 0 Å². The molecule has 0 saturated heterocycles. The van der Waals surface area contributed by atoms with Gasteiger partial charge in [-0.15, -0.1) is 0 Å². The van der Waals surface area contributed by atoms with Gasteiger partial charge in [-0.1, -0.05) is 24.3 Å². The molecule has 114 valence electrons.